The van der Waals surface area contributed by atoms with E-state index in [1.807, 2.05) is 90.0 Å². The fourth-order valence-corrected chi connectivity index (χ4v) is 5.44. The van der Waals surface area contributed by atoms with Gasteiger partial charge in [0.15, 0.2) is 0 Å². The summed E-state index contributed by atoms with van der Waals surface area (Å²) in [6.07, 6.45) is 0. The van der Waals surface area contributed by atoms with Gasteiger partial charge in [-0.05, 0) is 54.3 Å². The third-order valence-electron chi connectivity index (χ3n) is 7.05. The Bertz CT molecular complexity index is 1480. The SMILES string of the molecule is Cc1ccc(C(=O)N2CCN(c3ccc(NC(=O)c4cccs4)cc3C(=O)N(C)Cc3ccccc3)CC2)cc1. The molecule has 8 heteroatoms. The van der Waals surface area contributed by atoms with Crippen molar-refractivity contribution in [2.75, 3.05) is 43.4 Å². The number of anilines is 2. The van der Waals surface area contributed by atoms with Crippen molar-refractivity contribution in [3.8, 4) is 0 Å². The minimum Gasteiger partial charge on any atom is -0.367 e. The molecule has 204 valence electrons. The van der Waals surface area contributed by atoms with E-state index in [9.17, 15) is 14.4 Å². The summed E-state index contributed by atoms with van der Waals surface area (Å²) in [5.74, 6) is -0.323. The van der Waals surface area contributed by atoms with Crippen LogP contribution in [-0.2, 0) is 6.54 Å². The Kier molecular flexibility index (Phi) is 8.26. The lowest BCUT2D eigenvalue weighted by atomic mass is 10.1. The molecule has 5 rings (SSSR count). The van der Waals surface area contributed by atoms with E-state index in [4.69, 9.17) is 0 Å². The Morgan fingerprint density at radius 3 is 2.27 bits per heavy atom. The van der Waals surface area contributed by atoms with Gasteiger partial charge in [0.1, 0.15) is 0 Å². The highest BCUT2D eigenvalue weighted by Crippen LogP contribution is 2.28. The van der Waals surface area contributed by atoms with E-state index in [2.05, 4.69) is 10.2 Å². The van der Waals surface area contributed by atoms with Crippen LogP contribution in [0.2, 0.25) is 0 Å². The number of piperazine rings is 1. The average Bonchev–Trinajstić information content (AvgIpc) is 3.53. The quantitative estimate of drug-likeness (QED) is 0.327. The van der Waals surface area contributed by atoms with Crippen molar-refractivity contribution in [3.05, 3.63) is 117 Å². The van der Waals surface area contributed by atoms with Crippen LogP contribution >= 0.6 is 11.3 Å². The van der Waals surface area contributed by atoms with Crippen LogP contribution in [0.1, 0.15) is 41.5 Å². The fourth-order valence-electron chi connectivity index (χ4n) is 4.83. The lowest BCUT2D eigenvalue weighted by Crippen LogP contribution is -2.49. The number of hydrogen-bond acceptors (Lipinski definition) is 5. The lowest BCUT2D eigenvalue weighted by Gasteiger charge is -2.37. The first-order valence-corrected chi connectivity index (χ1v) is 14.2. The summed E-state index contributed by atoms with van der Waals surface area (Å²) in [7, 11) is 1.79. The molecule has 0 radical (unpaired) electrons. The van der Waals surface area contributed by atoms with Crippen LogP contribution in [0.15, 0.2) is 90.3 Å². The van der Waals surface area contributed by atoms with Crippen molar-refractivity contribution >= 4 is 40.4 Å². The normalized spacial score (nSPS) is 13.2. The van der Waals surface area contributed by atoms with E-state index in [-0.39, 0.29) is 17.7 Å². The second-order valence-electron chi connectivity index (χ2n) is 9.96. The zero-order chi connectivity index (χ0) is 28.1. The van der Waals surface area contributed by atoms with E-state index in [0.29, 0.717) is 54.4 Å². The van der Waals surface area contributed by atoms with Crippen molar-refractivity contribution in [2.45, 2.75) is 13.5 Å². The molecule has 1 aliphatic rings. The maximum Gasteiger partial charge on any atom is 0.265 e. The van der Waals surface area contributed by atoms with Gasteiger partial charge in [-0.15, -0.1) is 11.3 Å². The number of benzene rings is 3. The lowest BCUT2D eigenvalue weighted by molar-refractivity contribution is 0.0742. The Morgan fingerprint density at radius 1 is 0.875 bits per heavy atom. The van der Waals surface area contributed by atoms with Crippen LogP contribution in [0.4, 0.5) is 11.4 Å². The summed E-state index contributed by atoms with van der Waals surface area (Å²) in [5.41, 5.74) is 4.70. The first-order valence-electron chi connectivity index (χ1n) is 13.3. The van der Waals surface area contributed by atoms with Gasteiger partial charge in [0.05, 0.1) is 10.4 Å². The molecule has 0 aliphatic carbocycles. The zero-order valence-corrected chi connectivity index (χ0v) is 23.5. The summed E-state index contributed by atoms with van der Waals surface area (Å²) in [4.78, 5) is 45.8. The summed E-state index contributed by atoms with van der Waals surface area (Å²) >= 11 is 1.37. The molecule has 40 heavy (non-hydrogen) atoms. The van der Waals surface area contributed by atoms with Gasteiger partial charge in [0.25, 0.3) is 17.7 Å². The maximum absolute atomic E-state index is 13.8. The fraction of sp³-hybridized carbons (Fsp3) is 0.219. The third kappa shape index (κ3) is 6.24. The summed E-state index contributed by atoms with van der Waals surface area (Å²) in [6.45, 7) is 4.77. The summed E-state index contributed by atoms with van der Waals surface area (Å²) in [5, 5.41) is 4.79. The van der Waals surface area contributed by atoms with Crippen molar-refractivity contribution in [1.29, 1.82) is 0 Å². The maximum atomic E-state index is 13.8. The van der Waals surface area contributed by atoms with Gasteiger partial charge in [0.2, 0.25) is 0 Å². The van der Waals surface area contributed by atoms with Gasteiger partial charge in [0, 0.05) is 56.7 Å². The number of amides is 3. The number of hydrogen-bond donors (Lipinski definition) is 1. The molecule has 0 atom stereocenters. The topological polar surface area (TPSA) is 73.0 Å². The molecular formula is C32H32N4O3S. The van der Waals surface area contributed by atoms with Crippen LogP contribution in [0, 0.1) is 6.92 Å². The van der Waals surface area contributed by atoms with Crippen LogP contribution in [0.3, 0.4) is 0 Å². The molecule has 0 saturated carbocycles. The minimum absolute atomic E-state index is 0.0187. The van der Waals surface area contributed by atoms with Gasteiger partial charge in [-0.25, -0.2) is 0 Å². The van der Waals surface area contributed by atoms with E-state index in [1.165, 1.54) is 11.3 Å². The van der Waals surface area contributed by atoms with E-state index in [0.717, 1.165) is 16.8 Å². The van der Waals surface area contributed by atoms with E-state index < -0.39 is 0 Å². The monoisotopic (exact) mass is 552 g/mol. The van der Waals surface area contributed by atoms with Crippen molar-refractivity contribution in [3.63, 3.8) is 0 Å². The Morgan fingerprint density at radius 2 is 1.60 bits per heavy atom. The van der Waals surface area contributed by atoms with Crippen LogP contribution in [0.5, 0.6) is 0 Å². The number of thiophene rings is 1. The Balaban J connectivity index is 1.36. The predicted molar refractivity (Wildman–Crippen MR) is 160 cm³/mol. The highest BCUT2D eigenvalue weighted by Gasteiger charge is 2.26. The molecule has 2 heterocycles. The number of carbonyl (C=O) groups is 3. The van der Waals surface area contributed by atoms with Gasteiger partial charge in [-0.3, -0.25) is 14.4 Å². The molecule has 7 nitrogen and oxygen atoms in total. The Hall–Kier alpha value is -4.43. The smallest absolute Gasteiger partial charge is 0.265 e. The third-order valence-corrected chi connectivity index (χ3v) is 7.91. The average molecular weight is 553 g/mol. The molecule has 0 bridgehead atoms. The number of nitrogens with zero attached hydrogens (tertiary/aromatic N) is 3. The molecule has 1 N–H and O–H groups in total. The molecule has 1 saturated heterocycles. The highest BCUT2D eigenvalue weighted by atomic mass is 32.1. The van der Waals surface area contributed by atoms with Crippen molar-refractivity contribution in [2.24, 2.45) is 0 Å². The number of nitrogens with one attached hydrogen (secondary N) is 1. The predicted octanol–water partition coefficient (Wildman–Crippen LogP) is 5.54. The first kappa shape index (κ1) is 27.1. The molecule has 3 aromatic carbocycles. The number of aryl methyl sites for hydroxylation is 1. The molecule has 4 aromatic rings. The number of rotatable bonds is 7. The first-order chi connectivity index (χ1) is 19.4. The molecule has 1 fully saturated rings. The summed E-state index contributed by atoms with van der Waals surface area (Å²) < 4.78 is 0. The molecule has 3 amide bonds. The van der Waals surface area contributed by atoms with Gasteiger partial charge < -0.3 is 20.0 Å². The minimum atomic E-state index is -0.206. The second kappa shape index (κ2) is 12.2. The van der Waals surface area contributed by atoms with E-state index in [1.54, 1.807) is 24.1 Å². The van der Waals surface area contributed by atoms with Crippen molar-refractivity contribution < 1.29 is 14.4 Å². The van der Waals surface area contributed by atoms with Crippen LogP contribution in [0.25, 0.3) is 0 Å². The molecule has 0 spiro atoms. The largest absolute Gasteiger partial charge is 0.367 e. The Labute approximate surface area is 238 Å². The van der Waals surface area contributed by atoms with Gasteiger partial charge >= 0.3 is 0 Å². The van der Waals surface area contributed by atoms with Gasteiger partial charge in [-0.2, -0.15) is 0 Å². The van der Waals surface area contributed by atoms with Gasteiger partial charge in [-0.1, -0.05) is 54.1 Å². The summed E-state index contributed by atoms with van der Waals surface area (Å²) in [6, 6.07) is 26.6. The van der Waals surface area contributed by atoms with E-state index >= 15 is 0 Å². The zero-order valence-electron chi connectivity index (χ0n) is 22.7. The van der Waals surface area contributed by atoms with Crippen LogP contribution < -0.4 is 10.2 Å². The highest BCUT2D eigenvalue weighted by molar-refractivity contribution is 7.12. The molecule has 1 aromatic heterocycles. The molecular weight excluding hydrogens is 520 g/mol. The van der Waals surface area contributed by atoms with Crippen molar-refractivity contribution in [1.82, 2.24) is 9.80 Å². The number of carbonyl (C=O) groups excluding carboxylic acids is 3. The molecule has 1 aliphatic heterocycles. The molecule has 0 unspecified atom stereocenters. The second-order valence-corrected chi connectivity index (χ2v) is 10.9. The van der Waals surface area contributed by atoms with Crippen LogP contribution in [-0.4, -0.2) is 60.7 Å². The standard InChI is InChI=1S/C32H32N4O3S/c1-23-10-12-25(13-11-23)31(38)36-18-16-35(17-19-36)28-15-14-26(33-30(37)29-9-6-20-40-29)21-27(28)32(39)34(2)22-24-7-4-3-5-8-24/h3-15,20-21H,16-19,22H2,1-2H3,(H,33,37).